The van der Waals surface area contributed by atoms with Gasteiger partial charge in [0.15, 0.2) is 0 Å². The van der Waals surface area contributed by atoms with Crippen LogP contribution >= 0.6 is 0 Å². The molecular weight excluding hydrogens is 292 g/mol. The SMILES string of the molecule is CC(C)(C)c1ccc(NC(=O)CC2CCC(C(=O)O)CC2)cn1. The van der Waals surface area contributed by atoms with Gasteiger partial charge in [0.25, 0.3) is 0 Å². The molecule has 126 valence electrons. The van der Waals surface area contributed by atoms with Crippen molar-refractivity contribution in [2.24, 2.45) is 11.8 Å². The molecule has 0 unspecified atom stereocenters. The predicted molar refractivity (Wildman–Crippen MR) is 89.3 cm³/mol. The van der Waals surface area contributed by atoms with Crippen LogP contribution in [0.3, 0.4) is 0 Å². The average Bonchev–Trinajstić information content (AvgIpc) is 2.47. The van der Waals surface area contributed by atoms with Crippen molar-refractivity contribution in [2.45, 2.75) is 58.3 Å². The number of hydrogen-bond acceptors (Lipinski definition) is 3. The number of rotatable bonds is 4. The minimum absolute atomic E-state index is 0.00861. The highest BCUT2D eigenvalue weighted by molar-refractivity contribution is 5.90. The maximum absolute atomic E-state index is 12.1. The number of amides is 1. The van der Waals surface area contributed by atoms with E-state index in [1.165, 1.54) is 0 Å². The van der Waals surface area contributed by atoms with E-state index in [1.807, 2.05) is 12.1 Å². The molecule has 23 heavy (non-hydrogen) atoms. The van der Waals surface area contributed by atoms with Gasteiger partial charge < -0.3 is 10.4 Å². The first kappa shape index (κ1) is 17.4. The number of carboxylic acids is 1. The highest BCUT2D eigenvalue weighted by Crippen LogP contribution is 2.31. The second kappa shape index (κ2) is 7.11. The molecular formula is C18H26N2O3. The van der Waals surface area contributed by atoms with E-state index in [0.717, 1.165) is 18.5 Å². The largest absolute Gasteiger partial charge is 0.481 e. The zero-order valence-corrected chi connectivity index (χ0v) is 14.1. The van der Waals surface area contributed by atoms with Gasteiger partial charge >= 0.3 is 5.97 Å². The molecule has 1 aromatic heterocycles. The Labute approximate surface area is 137 Å². The van der Waals surface area contributed by atoms with Gasteiger partial charge in [-0.05, 0) is 43.7 Å². The molecule has 1 heterocycles. The third kappa shape index (κ3) is 5.05. The van der Waals surface area contributed by atoms with Crippen molar-refractivity contribution in [3.05, 3.63) is 24.0 Å². The van der Waals surface area contributed by atoms with Crippen LogP contribution in [0.25, 0.3) is 0 Å². The molecule has 0 saturated heterocycles. The molecule has 0 atom stereocenters. The Kier molecular flexibility index (Phi) is 5.39. The van der Waals surface area contributed by atoms with Gasteiger partial charge in [-0.25, -0.2) is 0 Å². The average molecular weight is 318 g/mol. The number of pyridine rings is 1. The fourth-order valence-corrected chi connectivity index (χ4v) is 3.00. The molecule has 0 radical (unpaired) electrons. The smallest absolute Gasteiger partial charge is 0.306 e. The zero-order valence-electron chi connectivity index (χ0n) is 14.1. The van der Waals surface area contributed by atoms with Crippen molar-refractivity contribution in [2.75, 3.05) is 5.32 Å². The van der Waals surface area contributed by atoms with Crippen LogP contribution in [-0.4, -0.2) is 22.0 Å². The highest BCUT2D eigenvalue weighted by Gasteiger charge is 2.27. The van der Waals surface area contributed by atoms with Crippen molar-refractivity contribution >= 4 is 17.6 Å². The van der Waals surface area contributed by atoms with E-state index in [-0.39, 0.29) is 23.2 Å². The van der Waals surface area contributed by atoms with Gasteiger partial charge in [0.2, 0.25) is 5.91 Å². The normalized spacial score (nSPS) is 21.7. The van der Waals surface area contributed by atoms with Crippen LogP contribution in [0.1, 0.15) is 58.6 Å². The summed E-state index contributed by atoms with van der Waals surface area (Å²) in [6, 6.07) is 3.82. The fourth-order valence-electron chi connectivity index (χ4n) is 3.00. The number of carbonyl (C=O) groups excluding carboxylic acids is 1. The number of nitrogens with one attached hydrogen (secondary N) is 1. The standard InChI is InChI=1S/C18H26N2O3/c1-18(2,3)15-9-8-14(11-19-15)20-16(21)10-12-4-6-13(7-5-12)17(22)23/h8-9,11-13H,4-7,10H2,1-3H3,(H,20,21)(H,22,23). The van der Waals surface area contributed by atoms with Crippen LogP contribution in [0.2, 0.25) is 0 Å². The fraction of sp³-hybridized carbons (Fsp3) is 0.611. The Balaban J connectivity index is 1.82. The third-order valence-electron chi connectivity index (χ3n) is 4.49. The van der Waals surface area contributed by atoms with E-state index >= 15 is 0 Å². The van der Waals surface area contributed by atoms with Crippen LogP contribution in [0.4, 0.5) is 5.69 Å². The van der Waals surface area contributed by atoms with E-state index in [1.54, 1.807) is 6.20 Å². The number of carboxylic acid groups (broad SMARTS) is 1. The molecule has 5 heteroatoms. The van der Waals surface area contributed by atoms with Crippen LogP contribution in [-0.2, 0) is 15.0 Å². The first-order valence-electron chi connectivity index (χ1n) is 8.25. The second-order valence-electron chi connectivity index (χ2n) is 7.49. The molecule has 1 aliphatic rings. The number of aliphatic carboxylic acids is 1. The lowest BCUT2D eigenvalue weighted by atomic mass is 9.80. The van der Waals surface area contributed by atoms with E-state index in [2.05, 4.69) is 31.1 Å². The lowest BCUT2D eigenvalue weighted by Gasteiger charge is -2.25. The number of anilines is 1. The summed E-state index contributed by atoms with van der Waals surface area (Å²) in [5, 5.41) is 11.9. The van der Waals surface area contributed by atoms with E-state index in [9.17, 15) is 9.59 Å². The summed E-state index contributed by atoms with van der Waals surface area (Å²) in [4.78, 5) is 27.5. The first-order chi connectivity index (χ1) is 10.8. The van der Waals surface area contributed by atoms with Crippen LogP contribution < -0.4 is 5.32 Å². The number of carbonyl (C=O) groups is 2. The monoisotopic (exact) mass is 318 g/mol. The minimum Gasteiger partial charge on any atom is -0.481 e. The molecule has 1 aliphatic carbocycles. The topological polar surface area (TPSA) is 79.3 Å². The molecule has 1 saturated carbocycles. The highest BCUT2D eigenvalue weighted by atomic mass is 16.4. The number of aromatic nitrogens is 1. The van der Waals surface area contributed by atoms with Gasteiger partial charge in [-0.3, -0.25) is 14.6 Å². The van der Waals surface area contributed by atoms with Gasteiger partial charge in [-0.15, -0.1) is 0 Å². The third-order valence-corrected chi connectivity index (χ3v) is 4.49. The van der Waals surface area contributed by atoms with Crippen molar-refractivity contribution in [3.8, 4) is 0 Å². The van der Waals surface area contributed by atoms with Gasteiger partial charge in [0.05, 0.1) is 17.8 Å². The maximum Gasteiger partial charge on any atom is 0.306 e. The summed E-state index contributed by atoms with van der Waals surface area (Å²) < 4.78 is 0. The second-order valence-corrected chi connectivity index (χ2v) is 7.49. The number of hydrogen-bond donors (Lipinski definition) is 2. The lowest BCUT2D eigenvalue weighted by molar-refractivity contribution is -0.143. The lowest BCUT2D eigenvalue weighted by Crippen LogP contribution is -2.24. The van der Waals surface area contributed by atoms with Crippen LogP contribution in [0, 0.1) is 11.8 Å². The molecule has 0 aromatic carbocycles. The first-order valence-corrected chi connectivity index (χ1v) is 8.25. The molecule has 2 N–H and O–H groups in total. The predicted octanol–water partition coefficient (Wildman–Crippen LogP) is 3.60. The minimum atomic E-state index is -0.710. The van der Waals surface area contributed by atoms with E-state index < -0.39 is 5.97 Å². The van der Waals surface area contributed by atoms with Gasteiger partial charge in [-0.2, -0.15) is 0 Å². The Hall–Kier alpha value is -1.91. The Morgan fingerprint density at radius 1 is 1.22 bits per heavy atom. The molecule has 1 amide bonds. The van der Waals surface area contributed by atoms with Crippen molar-refractivity contribution in [1.29, 1.82) is 0 Å². The maximum atomic E-state index is 12.1. The molecule has 1 aromatic rings. The summed E-state index contributed by atoms with van der Waals surface area (Å²) >= 11 is 0. The number of nitrogens with zero attached hydrogens (tertiary/aromatic N) is 1. The van der Waals surface area contributed by atoms with Crippen LogP contribution in [0.15, 0.2) is 18.3 Å². The Morgan fingerprint density at radius 2 is 1.87 bits per heavy atom. The molecule has 2 rings (SSSR count). The summed E-state index contributed by atoms with van der Waals surface area (Å²) in [5.41, 5.74) is 1.69. The van der Waals surface area contributed by atoms with Crippen molar-refractivity contribution in [1.82, 2.24) is 4.98 Å². The molecule has 0 spiro atoms. The van der Waals surface area contributed by atoms with Gasteiger partial charge in [0.1, 0.15) is 0 Å². The zero-order chi connectivity index (χ0) is 17.0. The summed E-state index contributed by atoms with van der Waals surface area (Å²) in [7, 11) is 0. The van der Waals surface area contributed by atoms with E-state index in [4.69, 9.17) is 5.11 Å². The van der Waals surface area contributed by atoms with Crippen LogP contribution in [0.5, 0.6) is 0 Å². The van der Waals surface area contributed by atoms with Crippen molar-refractivity contribution < 1.29 is 14.7 Å². The Morgan fingerprint density at radius 3 is 2.35 bits per heavy atom. The summed E-state index contributed by atoms with van der Waals surface area (Å²) in [6.45, 7) is 6.29. The van der Waals surface area contributed by atoms with Gasteiger partial charge in [0, 0.05) is 17.5 Å². The Bertz CT molecular complexity index is 553. The molecule has 0 aliphatic heterocycles. The quantitative estimate of drug-likeness (QED) is 0.889. The summed E-state index contributed by atoms with van der Waals surface area (Å²) in [5.74, 6) is -0.678. The van der Waals surface area contributed by atoms with E-state index in [0.29, 0.717) is 24.9 Å². The van der Waals surface area contributed by atoms with Crippen molar-refractivity contribution in [3.63, 3.8) is 0 Å². The molecule has 5 nitrogen and oxygen atoms in total. The molecule has 1 fully saturated rings. The van der Waals surface area contributed by atoms with Gasteiger partial charge in [-0.1, -0.05) is 20.8 Å². The summed E-state index contributed by atoms with van der Waals surface area (Å²) in [6.07, 6.45) is 5.12. The molecule has 0 bridgehead atoms.